The number of hydrogen-bond acceptors (Lipinski definition) is 6. The predicted octanol–water partition coefficient (Wildman–Crippen LogP) is 4.06. The molecule has 0 saturated heterocycles. The molecule has 3 aromatic rings. The van der Waals surface area contributed by atoms with Crippen LogP contribution in [0.25, 0.3) is 10.4 Å². The minimum Gasteiger partial charge on any atom is -0.465 e. The van der Waals surface area contributed by atoms with Crippen molar-refractivity contribution in [3.8, 4) is 10.4 Å². The topological polar surface area (TPSA) is 81.4 Å². The first-order chi connectivity index (χ1) is 12.0. The van der Waals surface area contributed by atoms with Gasteiger partial charge in [-0.1, -0.05) is 17.3 Å². The monoisotopic (exact) mass is 356 g/mol. The summed E-state index contributed by atoms with van der Waals surface area (Å²) in [4.78, 5) is 25.8. The second-order valence-electron chi connectivity index (χ2n) is 5.35. The van der Waals surface area contributed by atoms with Crippen LogP contribution in [0.2, 0.25) is 0 Å². The third kappa shape index (κ3) is 3.32. The maximum Gasteiger partial charge on any atom is 0.339 e. The van der Waals surface area contributed by atoms with Crippen molar-refractivity contribution in [2.45, 2.75) is 13.8 Å². The molecule has 0 aliphatic rings. The van der Waals surface area contributed by atoms with Gasteiger partial charge >= 0.3 is 5.97 Å². The Kier molecular flexibility index (Phi) is 4.67. The number of esters is 1. The highest BCUT2D eigenvalue weighted by molar-refractivity contribution is 7.17. The highest BCUT2D eigenvalue weighted by Gasteiger charge is 2.18. The second-order valence-corrected chi connectivity index (χ2v) is 6.44. The maximum atomic E-state index is 12.5. The lowest BCUT2D eigenvalue weighted by molar-refractivity contribution is 0.0602. The van der Waals surface area contributed by atoms with Crippen LogP contribution in [-0.2, 0) is 4.74 Å². The molecule has 2 heterocycles. The number of carbonyl (C=O) groups is 2. The Labute approximate surface area is 148 Å². The minimum absolute atomic E-state index is 0.292. The molecule has 128 valence electrons. The lowest BCUT2D eigenvalue weighted by atomic mass is 10.1. The van der Waals surface area contributed by atoms with E-state index in [4.69, 9.17) is 9.26 Å². The van der Waals surface area contributed by atoms with Gasteiger partial charge in [0.15, 0.2) is 0 Å². The molecule has 0 spiro atoms. The molecule has 3 rings (SSSR count). The van der Waals surface area contributed by atoms with Crippen molar-refractivity contribution in [2.75, 3.05) is 12.4 Å². The number of thiophene rings is 1. The molecule has 0 aliphatic carbocycles. The van der Waals surface area contributed by atoms with E-state index < -0.39 is 5.97 Å². The van der Waals surface area contributed by atoms with E-state index in [1.807, 2.05) is 19.9 Å². The van der Waals surface area contributed by atoms with Gasteiger partial charge in [-0.2, -0.15) is 0 Å². The Hall–Kier alpha value is -2.93. The fraction of sp³-hybridized carbons (Fsp3) is 0.167. The van der Waals surface area contributed by atoms with Crippen molar-refractivity contribution in [1.29, 1.82) is 0 Å². The van der Waals surface area contributed by atoms with Crippen molar-refractivity contribution in [3.63, 3.8) is 0 Å². The summed E-state index contributed by atoms with van der Waals surface area (Å²) in [5, 5.41) is 6.70. The Morgan fingerprint density at radius 2 is 1.92 bits per heavy atom. The molecule has 0 fully saturated rings. The van der Waals surface area contributed by atoms with Gasteiger partial charge in [-0.15, -0.1) is 11.3 Å². The zero-order valence-corrected chi connectivity index (χ0v) is 14.8. The summed E-state index contributed by atoms with van der Waals surface area (Å²) in [6.45, 7) is 3.69. The SMILES string of the molecule is COC(=O)c1ccccc1NC(=O)c1ccc(-c2c(C)noc2C)s1. The third-order valence-corrected chi connectivity index (χ3v) is 4.79. The van der Waals surface area contributed by atoms with Gasteiger partial charge in [0.1, 0.15) is 5.76 Å². The first kappa shape index (κ1) is 16.9. The van der Waals surface area contributed by atoms with Crippen LogP contribution in [0.1, 0.15) is 31.5 Å². The van der Waals surface area contributed by atoms with E-state index in [9.17, 15) is 9.59 Å². The molecule has 2 aromatic heterocycles. The van der Waals surface area contributed by atoms with Crippen LogP contribution in [-0.4, -0.2) is 24.1 Å². The number of methoxy groups -OCH3 is 1. The molecular weight excluding hydrogens is 340 g/mol. The zero-order chi connectivity index (χ0) is 18.0. The van der Waals surface area contributed by atoms with E-state index in [1.165, 1.54) is 18.4 Å². The number of aromatic nitrogens is 1. The summed E-state index contributed by atoms with van der Waals surface area (Å²) >= 11 is 1.34. The second kappa shape index (κ2) is 6.90. The fourth-order valence-electron chi connectivity index (χ4n) is 2.49. The van der Waals surface area contributed by atoms with E-state index in [2.05, 4.69) is 10.5 Å². The van der Waals surface area contributed by atoms with Crippen LogP contribution in [0.3, 0.4) is 0 Å². The molecule has 1 amide bonds. The lowest BCUT2D eigenvalue weighted by Gasteiger charge is -2.08. The quantitative estimate of drug-likeness (QED) is 0.713. The smallest absolute Gasteiger partial charge is 0.339 e. The highest BCUT2D eigenvalue weighted by atomic mass is 32.1. The van der Waals surface area contributed by atoms with Gasteiger partial charge in [0.25, 0.3) is 5.91 Å². The average molecular weight is 356 g/mol. The number of aryl methyl sites for hydroxylation is 2. The van der Waals surface area contributed by atoms with Crippen LogP contribution in [0.4, 0.5) is 5.69 Å². The molecule has 0 radical (unpaired) electrons. The fourth-order valence-corrected chi connectivity index (χ4v) is 3.54. The summed E-state index contributed by atoms with van der Waals surface area (Å²) in [5.74, 6) is -0.0831. The summed E-state index contributed by atoms with van der Waals surface area (Å²) in [5.41, 5.74) is 2.40. The van der Waals surface area contributed by atoms with Gasteiger partial charge in [-0.3, -0.25) is 4.79 Å². The molecule has 1 aromatic carbocycles. The Bertz CT molecular complexity index is 923. The number of nitrogens with zero attached hydrogens (tertiary/aromatic N) is 1. The predicted molar refractivity (Wildman–Crippen MR) is 95.0 cm³/mol. The van der Waals surface area contributed by atoms with Gasteiger partial charge in [0.05, 0.1) is 34.5 Å². The number of hydrogen-bond donors (Lipinski definition) is 1. The van der Waals surface area contributed by atoms with Crippen LogP contribution in [0.15, 0.2) is 40.9 Å². The first-order valence-corrected chi connectivity index (χ1v) is 8.34. The summed E-state index contributed by atoms with van der Waals surface area (Å²) < 4.78 is 9.91. The summed E-state index contributed by atoms with van der Waals surface area (Å²) in [7, 11) is 1.30. The largest absolute Gasteiger partial charge is 0.465 e. The molecule has 7 heteroatoms. The van der Waals surface area contributed by atoms with E-state index in [1.54, 1.807) is 30.3 Å². The number of amides is 1. The zero-order valence-electron chi connectivity index (χ0n) is 14.0. The normalized spacial score (nSPS) is 10.5. The third-order valence-electron chi connectivity index (χ3n) is 3.69. The average Bonchev–Trinajstić information content (AvgIpc) is 3.21. The molecular formula is C18H16N2O4S. The van der Waals surface area contributed by atoms with Gasteiger partial charge in [-0.25, -0.2) is 4.79 Å². The van der Waals surface area contributed by atoms with Gasteiger partial charge < -0.3 is 14.6 Å². The van der Waals surface area contributed by atoms with Gasteiger partial charge in [0, 0.05) is 4.88 Å². The van der Waals surface area contributed by atoms with Crippen molar-refractivity contribution in [2.24, 2.45) is 0 Å². The van der Waals surface area contributed by atoms with Crippen molar-refractivity contribution < 1.29 is 18.8 Å². The van der Waals surface area contributed by atoms with Crippen LogP contribution < -0.4 is 5.32 Å². The standard InChI is InChI=1S/C18H16N2O4S/c1-10-16(11(2)24-20-10)14-8-9-15(25-14)17(21)19-13-7-5-4-6-12(13)18(22)23-3/h4-9H,1-3H3,(H,19,21). The Morgan fingerprint density at radius 3 is 2.60 bits per heavy atom. The molecule has 6 nitrogen and oxygen atoms in total. The number of benzene rings is 1. The van der Waals surface area contributed by atoms with Crippen LogP contribution in [0.5, 0.6) is 0 Å². The van der Waals surface area contributed by atoms with E-state index in [-0.39, 0.29) is 5.91 Å². The number of nitrogens with one attached hydrogen (secondary N) is 1. The Morgan fingerprint density at radius 1 is 1.16 bits per heavy atom. The number of ether oxygens (including phenoxy) is 1. The van der Waals surface area contributed by atoms with E-state index in [0.29, 0.717) is 21.9 Å². The summed E-state index contributed by atoms with van der Waals surface area (Å²) in [6, 6.07) is 10.3. The molecule has 1 N–H and O–H groups in total. The molecule has 0 unspecified atom stereocenters. The van der Waals surface area contributed by atoms with Crippen molar-refractivity contribution in [1.82, 2.24) is 5.16 Å². The van der Waals surface area contributed by atoms with E-state index >= 15 is 0 Å². The first-order valence-electron chi connectivity index (χ1n) is 7.53. The maximum absolute atomic E-state index is 12.5. The number of rotatable bonds is 4. The molecule has 0 atom stereocenters. The van der Waals surface area contributed by atoms with E-state index in [0.717, 1.165) is 16.1 Å². The number of carbonyl (C=O) groups excluding carboxylic acids is 2. The molecule has 0 bridgehead atoms. The summed E-state index contributed by atoms with van der Waals surface area (Å²) in [6.07, 6.45) is 0. The molecule has 0 aliphatic heterocycles. The van der Waals surface area contributed by atoms with Crippen molar-refractivity contribution in [3.05, 3.63) is 58.3 Å². The van der Waals surface area contributed by atoms with Crippen LogP contribution >= 0.6 is 11.3 Å². The van der Waals surface area contributed by atoms with Gasteiger partial charge in [0.2, 0.25) is 0 Å². The number of anilines is 1. The van der Waals surface area contributed by atoms with Crippen LogP contribution in [0, 0.1) is 13.8 Å². The Balaban J connectivity index is 1.85. The molecule has 25 heavy (non-hydrogen) atoms. The van der Waals surface area contributed by atoms with Crippen molar-refractivity contribution >= 4 is 28.9 Å². The highest BCUT2D eigenvalue weighted by Crippen LogP contribution is 2.33. The van der Waals surface area contributed by atoms with Gasteiger partial charge in [-0.05, 0) is 38.1 Å². The molecule has 0 saturated carbocycles. The minimum atomic E-state index is -0.501. The number of para-hydroxylation sites is 1. The lowest BCUT2D eigenvalue weighted by Crippen LogP contribution is -2.14.